The van der Waals surface area contributed by atoms with Crippen LogP contribution in [-0.2, 0) is 0 Å². The molecule has 0 saturated carbocycles. The third-order valence-electron chi connectivity index (χ3n) is 3.75. The third-order valence-corrected chi connectivity index (χ3v) is 3.75. The number of anilines is 3. The first-order chi connectivity index (χ1) is 10.2. The van der Waals surface area contributed by atoms with Crippen LogP contribution in [0.5, 0.6) is 0 Å². The van der Waals surface area contributed by atoms with Crippen molar-refractivity contribution in [1.29, 1.82) is 0 Å². The van der Waals surface area contributed by atoms with Crippen molar-refractivity contribution in [1.82, 2.24) is 5.32 Å². The average molecular weight is 282 g/mol. The Morgan fingerprint density at radius 3 is 2.29 bits per heavy atom. The van der Waals surface area contributed by atoms with Crippen LogP contribution < -0.4 is 21.7 Å². The standard InChI is InChI=1S/C16H18N4O/c17-14-3-1-2-4-15(14)20(13-9-19-10-13)12-7-5-11(6-8-12)16(18)21/h1-8,13,19H,9-10,17H2,(H2,18,21). The summed E-state index contributed by atoms with van der Waals surface area (Å²) in [7, 11) is 0. The van der Waals surface area contributed by atoms with Crippen molar-refractivity contribution in [2.75, 3.05) is 23.7 Å². The lowest BCUT2D eigenvalue weighted by molar-refractivity contribution is 0.100. The van der Waals surface area contributed by atoms with Crippen LogP contribution in [0.4, 0.5) is 17.1 Å². The van der Waals surface area contributed by atoms with Crippen LogP contribution in [0.2, 0.25) is 0 Å². The summed E-state index contributed by atoms with van der Waals surface area (Å²) in [5.41, 5.74) is 14.6. The molecular formula is C16H18N4O. The summed E-state index contributed by atoms with van der Waals surface area (Å²) in [5, 5.41) is 3.27. The van der Waals surface area contributed by atoms with Crippen molar-refractivity contribution in [3.05, 3.63) is 54.1 Å². The molecule has 1 aliphatic heterocycles. The Morgan fingerprint density at radius 1 is 1.10 bits per heavy atom. The van der Waals surface area contributed by atoms with Crippen LogP contribution in [0.1, 0.15) is 10.4 Å². The van der Waals surface area contributed by atoms with E-state index in [1.165, 1.54) is 0 Å². The first-order valence-electron chi connectivity index (χ1n) is 6.91. The summed E-state index contributed by atoms with van der Waals surface area (Å²) in [6.45, 7) is 1.82. The first-order valence-corrected chi connectivity index (χ1v) is 6.91. The Labute approximate surface area is 123 Å². The van der Waals surface area contributed by atoms with Crippen molar-refractivity contribution in [3.63, 3.8) is 0 Å². The van der Waals surface area contributed by atoms with Crippen LogP contribution in [0.3, 0.4) is 0 Å². The van der Waals surface area contributed by atoms with Gasteiger partial charge in [0.15, 0.2) is 0 Å². The molecule has 0 radical (unpaired) electrons. The number of hydrogen-bond donors (Lipinski definition) is 3. The number of amides is 1. The lowest BCUT2D eigenvalue weighted by atomic mass is 10.1. The molecule has 1 amide bonds. The molecule has 21 heavy (non-hydrogen) atoms. The highest BCUT2D eigenvalue weighted by Gasteiger charge is 2.27. The Hall–Kier alpha value is -2.53. The van der Waals surface area contributed by atoms with Gasteiger partial charge in [-0.3, -0.25) is 4.79 Å². The maximum atomic E-state index is 11.2. The summed E-state index contributed by atoms with van der Waals surface area (Å²) in [4.78, 5) is 13.4. The second-order valence-corrected chi connectivity index (χ2v) is 5.15. The number of primary amides is 1. The number of rotatable bonds is 4. The minimum atomic E-state index is -0.419. The van der Waals surface area contributed by atoms with E-state index in [9.17, 15) is 4.79 Å². The zero-order valence-electron chi connectivity index (χ0n) is 11.6. The van der Waals surface area contributed by atoms with Gasteiger partial charge < -0.3 is 21.7 Å². The predicted molar refractivity (Wildman–Crippen MR) is 84.6 cm³/mol. The molecule has 0 bridgehead atoms. The average Bonchev–Trinajstić information content (AvgIpc) is 2.44. The molecular weight excluding hydrogens is 264 g/mol. The summed E-state index contributed by atoms with van der Waals surface area (Å²) in [6.07, 6.45) is 0. The molecule has 3 rings (SSSR count). The van der Waals surface area contributed by atoms with Crippen molar-refractivity contribution in [2.45, 2.75) is 6.04 Å². The smallest absolute Gasteiger partial charge is 0.248 e. The largest absolute Gasteiger partial charge is 0.397 e. The first kappa shape index (κ1) is 13.5. The lowest BCUT2D eigenvalue weighted by Crippen LogP contribution is -2.55. The van der Waals surface area contributed by atoms with Gasteiger partial charge in [0.2, 0.25) is 5.91 Å². The molecule has 0 spiro atoms. The number of hydrogen-bond acceptors (Lipinski definition) is 4. The Bertz CT molecular complexity index is 650. The van der Waals surface area contributed by atoms with Gasteiger partial charge in [-0.05, 0) is 36.4 Å². The van der Waals surface area contributed by atoms with Gasteiger partial charge in [-0.1, -0.05) is 12.1 Å². The SMILES string of the molecule is NC(=O)c1ccc(N(c2ccccc2N)C2CNC2)cc1. The zero-order valence-corrected chi connectivity index (χ0v) is 11.6. The molecule has 2 aromatic rings. The summed E-state index contributed by atoms with van der Waals surface area (Å²) >= 11 is 0. The molecule has 0 atom stereocenters. The molecule has 0 unspecified atom stereocenters. The summed E-state index contributed by atoms with van der Waals surface area (Å²) in [5.74, 6) is -0.419. The van der Waals surface area contributed by atoms with Gasteiger partial charge >= 0.3 is 0 Å². The van der Waals surface area contributed by atoms with E-state index in [-0.39, 0.29) is 0 Å². The summed E-state index contributed by atoms with van der Waals surface area (Å²) in [6, 6.07) is 15.5. The Kier molecular flexibility index (Phi) is 3.50. The molecule has 5 N–H and O–H groups in total. The molecule has 1 aliphatic rings. The van der Waals surface area contributed by atoms with E-state index in [1.807, 2.05) is 36.4 Å². The van der Waals surface area contributed by atoms with E-state index in [2.05, 4.69) is 10.2 Å². The van der Waals surface area contributed by atoms with Gasteiger partial charge in [0.25, 0.3) is 0 Å². The molecule has 5 heteroatoms. The lowest BCUT2D eigenvalue weighted by Gasteiger charge is -2.40. The maximum Gasteiger partial charge on any atom is 0.248 e. The van der Waals surface area contributed by atoms with Gasteiger partial charge in [-0.2, -0.15) is 0 Å². The van der Waals surface area contributed by atoms with E-state index in [4.69, 9.17) is 11.5 Å². The highest BCUT2D eigenvalue weighted by atomic mass is 16.1. The Morgan fingerprint density at radius 2 is 1.76 bits per heavy atom. The van der Waals surface area contributed by atoms with Crippen LogP contribution in [0.15, 0.2) is 48.5 Å². The number of nitrogens with two attached hydrogens (primary N) is 2. The van der Waals surface area contributed by atoms with Crippen molar-refractivity contribution >= 4 is 23.0 Å². The summed E-state index contributed by atoms with van der Waals surface area (Å²) < 4.78 is 0. The van der Waals surface area contributed by atoms with Gasteiger partial charge in [0, 0.05) is 24.3 Å². The monoisotopic (exact) mass is 282 g/mol. The number of nitrogens with one attached hydrogen (secondary N) is 1. The van der Waals surface area contributed by atoms with Crippen molar-refractivity contribution in [3.8, 4) is 0 Å². The topological polar surface area (TPSA) is 84.4 Å². The normalized spacial score (nSPS) is 14.5. The quantitative estimate of drug-likeness (QED) is 0.742. The number of carbonyl (C=O) groups excluding carboxylic acids is 1. The van der Waals surface area contributed by atoms with Gasteiger partial charge in [-0.15, -0.1) is 0 Å². The molecule has 108 valence electrons. The number of para-hydroxylation sites is 2. The van der Waals surface area contributed by atoms with Crippen LogP contribution in [-0.4, -0.2) is 25.0 Å². The van der Waals surface area contributed by atoms with Crippen molar-refractivity contribution < 1.29 is 4.79 Å². The maximum absolute atomic E-state index is 11.2. The fraction of sp³-hybridized carbons (Fsp3) is 0.188. The predicted octanol–water partition coefficient (Wildman–Crippen LogP) is 1.48. The van der Waals surface area contributed by atoms with Gasteiger partial charge in [0.1, 0.15) is 0 Å². The molecule has 1 saturated heterocycles. The van der Waals surface area contributed by atoms with Crippen LogP contribution in [0.25, 0.3) is 0 Å². The molecule has 5 nitrogen and oxygen atoms in total. The van der Waals surface area contributed by atoms with Crippen molar-refractivity contribution in [2.24, 2.45) is 5.73 Å². The third kappa shape index (κ3) is 2.55. The van der Waals surface area contributed by atoms with Crippen LogP contribution in [0, 0.1) is 0 Å². The molecule has 0 aliphatic carbocycles. The van der Waals surface area contributed by atoms with Gasteiger partial charge in [-0.25, -0.2) is 0 Å². The second kappa shape index (κ2) is 5.46. The van der Waals surface area contributed by atoms with Crippen LogP contribution >= 0.6 is 0 Å². The number of carbonyl (C=O) groups is 1. The highest BCUT2D eigenvalue weighted by molar-refractivity contribution is 5.93. The fourth-order valence-electron chi connectivity index (χ4n) is 2.50. The zero-order chi connectivity index (χ0) is 14.8. The molecule has 2 aromatic carbocycles. The van der Waals surface area contributed by atoms with E-state index in [0.29, 0.717) is 11.6 Å². The number of benzene rings is 2. The second-order valence-electron chi connectivity index (χ2n) is 5.15. The minimum Gasteiger partial charge on any atom is -0.397 e. The van der Waals surface area contributed by atoms with E-state index in [1.54, 1.807) is 12.1 Å². The minimum absolute atomic E-state index is 0.356. The van der Waals surface area contributed by atoms with Gasteiger partial charge in [0.05, 0.1) is 17.4 Å². The molecule has 0 aromatic heterocycles. The molecule has 1 fully saturated rings. The molecule has 1 heterocycles. The fourth-order valence-corrected chi connectivity index (χ4v) is 2.50. The van der Waals surface area contributed by atoms with E-state index in [0.717, 1.165) is 30.2 Å². The van der Waals surface area contributed by atoms with E-state index < -0.39 is 5.91 Å². The highest BCUT2D eigenvalue weighted by Crippen LogP contribution is 2.33. The number of nitrogens with zero attached hydrogens (tertiary/aromatic N) is 1. The van der Waals surface area contributed by atoms with E-state index >= 15 is 0 Å². The Balaban J connectivity index is 2.00. The number of nitrogen functional groups attached to an aromatic ring is 1.